The Morgan fingerprint density at radius 3 is 2.68 bits per heavy atom. The molecule has 0 spiro atoms. The molecule has 1 fully saturated rings. The summed E-state index contributed by atoms with van der Waals surface area (Å²) in [5.74, 6) is 1.09. The van der Waals surface area contributed by atoms with Gasteiger partial charge in [0.1, 0.15) is 5.82 Å². The quantitative estimate of drug-likeness (QED) is 0.917. The van der Waals surface area contributed by atoms with Gasteiger partial charge in [0.25, 0.3) is 0 Å². The first-order valence-electron chi connectivity index (χ1n) is 7.19. The third-order valence-corrected chi connectivity index (χ3v) is 3.97. The number of anilines is 1. The molecule has 0 atom stereocenters. The van der Waals surface area contributed by atoms with Gasteiger partial charge in [0.05, 0.1) is 5.52 Å². The van der Waals surface area contributed by atoms with Crippen LogP contribution in [0.1, 0.15) is 30.9 Å². The summed E-state index contributed by atoms with van der Waals surface area (Å²) in [5.41, 5.74) is 9.52. The molecule has 1 aromatic carbocycles. The van der Waals surface area contributed by atoms with Crippen molar-refractivity contribution in [2.75, 3.05) is 18.0 Å². The van der Waals surface area contributed by atoms with Crippen LogP contribution in [0.15, 0.2) is 24.3 Å². The van der Waals surface area contributed by atoms with E-state index in [9.17, 15) is 0 Å². The number of aromatic nitrogens is 1. The van der Waals surface area contributed by atoms with Crippen molar-refractivity contribution in [3.05, 3.63) is 35.4 Å². The van der Waals surface area contributed by atoms with E-state index in [2.05, 4.69) is 36.1 Å². The molecule has 2 heterocycles. The molecule has 0 saturated carbocycles. The highest BCUT2D eigenvalue weighted by Crippen LogP contribution is 2.26. The molecule has 3 nitrogen and oxygen atoms in total. The molecular weight excluding hydrogens is 234 g/mol. The number of fused-ring (bicyclic) bond motifs is 1. The Kier molecular flexibility index (Phi) is 3.38. The van der Waals surface area contributed by atoms with Crippen LogP contribution in [0.3, 0.4) is 0 Å². The van der Waals surface area contributed by atoms with E-state index in [1.807, 2.05) is 0 Å². The number of nitrogens with zero attached hydrogens (tertiary/aromatic N) is 2. The second kappa shape index (κ2) is 5.17. The lowest BCUT2D eigenvalue weighted by Crippen LogP contribution is -2.21. The lowest BCUT2D eigenvalue weighted by Gasteiger charge is -2.20. The summed E-state index contributed by atoms with van der Waals surface area (Å²) in [6.45, 7) is 4.96. The summed E-state index contributed by atoms with van der Waals surface area (Å²) < 4.78 is 0. The summed E-state index contributed by atoms with van der Waals surface area (Å²) >= 11 is 0. The zero-order valence-corrected chi connectivity index (χ0v) is 11.5. The van der Waals surface area contributed by atoms with E-state index < -0.39 is 0 Å². The second-order valence-electron chi connectivity index (χ2n) is 5.25. The Morgan fingerprint density at radius 1 is 1.21 bits per heavy atom. The number of rotatable bonds is 3. The van der Waals surface area contributed by atoms with E-state index in [0.29, 0.717) is 6.54 Å². The Balaban J connectivity index is 2.11. The van der Waals surface area contributed by atoms with Gasteiger partial charge in [0.15, 0.2) is 0 Å². The number of benzene rings is 1. The summed E-state index contributed by atoms with van der Waals surface area (Å²) in [6.07, 6.45) is 3.58. The van der Waals surface area contributed by atoms with Crippen LogP contribution in [0.5, 0.6) is 0 Å². The van der Waals surface area contributed by atoms with Crippen molar-refractivity contribution < 1.29 is 0 Å². The molecular formula is C16H21N3. The molecule has 1 saturated heterocycles. The number of nitrogens with two attached hydrogens (primary N) is 1. The van der Waals surface area contributed by atoms with Crippen LogP contribution < -0.4 is 10.6 Å². The molecule has 2 N–H and O–H groups in total. The zero-order chi connectivity index (χ0) is 13.2. The van der Waals surface area contributed by atoms with Gasteiger partial charge in [-0.25, -0.2) is 4.98 Å². The normalized spacial score (nSPS) is 15.4. The first-order valence-corrected chi connectivity index (χ1v) is 7.19. The van der Waals surface area contributed by atoms with Crippen molar-refractivity contribution in [3.63, 3.8) is 0 Å². The molecule has 0 unspecified atom stereocenters. The SMILES string of the molecule is CCc1ccc2nc(N3CCCC3)c(CN)cc2c1. The van der Waals surface area contributed by atoms with Gasteiger partial charge >= 0.3 is 0 Å². The third-order valence-electron chi connectivity index (χ3n) is 3.97. The minimum Gasteiger partial charge on any atom is -0.356 e. The van der Waals surface area contributed by atoms with Gasteiger partial charge in [-0.3, -0.25) is 0 Å². The molecule has 0 bridgehead atoms. The van der Waals surface area contributed by atoms with Gasteiger partial charge in [0.2, 0.25) is 0 Å². The first kappa shape index (κ1) is 12.4. The van der Waals surface area contributed by atoms with Gasteiger partial charge in [-0.1, -0.05) is 13.0 Å². The van der Waals surface area contributed by atoms with E-state index in [1.54, 1.807) is 0 Å². The Hall–Kier alpha value is -1.61. The smallest absolute Gasteiger partial charge is 0.133 e. The molecule has 1 aliphatic heterocycles. The lowest BCUT2D eigenvalue weighted by molar-refractivity contribution is 0.914. The van der Waals surface area contributed by atoms with Crippen LogP contribution in [0, 0.1) is 0 Å². The molecule has 0 aliphatic carbocycles. The minimum absolute atomic E-state index is 0.561. The van der Waals surface area contributed by atoms with Gasteiger partial charge in [-0.05, 0) is 43.0 Å². The highest BCUT2D eigenvalue weighted by Gasteiger charge is 2.17. The first-order chi connectivity index (χ1) is 9.31. The average molecular weight is 255 g/mol. The van der Waals surface area contributed by atoms with Gasteiger partial charge < -0.3 is 10.6 Å². The average Bonchev–Trinajstić information content (AvgIpc) is 2.99. The molecule has 1 aromatic heterocycles. The summed E-state index contributed by atoms with van der Waals surface area (Å²) in [4.78, 5) is 7.22. The van der Waals surface area contributed by atoms with Gasteiger partial charge in [-0.2, -0.15) is 0 Å². The fourth-order valence-electron chi connectivity index (χ4n) is 2.83. The van der Waals surface area contributed by atoms with Crippen molar-refractivity contribution in [2.24, 2.45) is 5.73 Å². The van der Waals surface area contributed by atoms with Crippen molar-refractivity contribution in [3.8, 4) is 0 Å². The van der Waals surface area contributed by atoms with Gasteiger partial charge in [-0.15, -0.1) is 0 Å². The summed E-state index contributed by atoms with van der Waals surface area (Å²) in [7, 11) is 0. The van der Waals surface area contributed by atoms with E-state index in [4.69, 9.17) is 10.7 Å². The Morgan fingerprint density at radius 2 is 2.00 bits per heavy atom. The van der Waals surface area contributed by atoms with Crippen LogP contribution in [-0.2, 0) is 13.0 Å². The van der Waals surface area contributed by atoms with Crippen LogP contribution in [0.4, 0.5) is 5.82 Å². The van der Waals surface area contributed by atoms with Crippen LogP contribution in [0.2, 0.25) is 0 Å². The number of hydrogen-bond acceptors (Lipinski definition) is 3. The van der Waals surface area contributed by atoms with Crippen LogP contribution in [-0.4, -0.2) is 18.1 Å². The number of aryl methyl sites for hydroxylation is 1. The minimum atomic E-state index is 0.561. The molecule has 100 valence electrons. The Bertz CT molecular complexity index is 586. The van der Waals surface area contributed by atoms with Crippen molar-refractivity contribution in [1.29, 1.82) is 0 Å². The highest BCUT2D eigenvalue weighted by molar-refractivity contribution is 5.82. The molecule has 19 heavy (non-hydrogen) atoms. The standard InChI is InChI=1S/C16H21N3/c1-2-12-5-6-15-13(9-12)10-14(11-17)16(18-15)19-7-3-4-8-19/h5-6,9-10H,2-4,7-8,11,17H2,1H3. The van der Waals surface area contributed by atoms with E-state index >= 15 is 0 Å². The molecule has 0 radical (unpaired) electrons. The second-order valence-corrected chi connectivity index (χ2v) is 5.25. The fourth-order valence-corrected chi connectivity index (χ4v) is 2.83. The fraction of sp³-hybridized carbons (Fsp3) is 0.438. The van der Waals surface area contributed by atoms with Crippen molar-refractivity contribution in [2.45, 2.75) is 32.7 Å². The maximum atomic E-state index is 5.91. The lowest BCUT2D eigenvalue weighted by atomic mass is 10.1. The predicted octanol–water partition coefficient (Wildman–Crippen LogP) is 2.86. The summed E-state index contributed by atoms with van der Waals surface area (Å²) in [5, 5.41) is 1.21. The molecule has 0 amide bonds. The largest absolute Gasteiger partial charge is 0.356 e. The Labute approximate surface area is 114 Å². The van der Waals surface area contributed by atoms with Crippen LogP contribution in [0.25, 0.3) is 10.9 Å². The zero-order valence-electron chi connectivity index (χ0n) is 11.5. The van der Waals surface area contributed by atoms with E-state index in [-0.39, 0.29) is 0 Å². The maximum absolute atomic E-state index is 5.91. The number of hydrogen-bond donors (Lipinski definition) is 1. The monoisotopic (exact) mass is 255 g/mol. The maximum Gasteiger partial charge on any atom is 0.133 e. The molecule has 1 aliphatic rings. The predicted molar refractivity (Wildman–Crippen MR) is 80.5 cm³/mol. The molecule has 2 aromatic rings. The van der Waals surface area contributed by atoms with E-state index in [0.717, 1.165) is 30.8 Å². The van der Waals surface area contributed by atoms with Crippen molar-refractivity contribution in [1.82, 2.24) is 4.98 Å². The topological polar surface area (TPSA) is 42.2 Å². The van der Waals surface area contributed by atoms with Crippen molar-refractivity contribution >= 4 is 16.7 Å². The van der Waals surface area contributed by atoms with Crippen LogP contribution >= 0.6 is 0 Å². The molecule has 3 heteroatoms. The molecule has 3 rings (SSSR count). The van der Waals surface area contributed by atoms with E-state index in [1.165, 1.54) is 29.4 Å². The number of pyridine rings is 1. The highest BCUT2D eigenvalue weighted by atomic mass is 15.2. The van der Waals surface area contributed by atoms with Gasteiger partial charge in [0, 0.05) is 30.6 Å². The third kappa shape index (κ3) is 2.30. The summed E-state index contributed by atoms with van der Waals surface area (Å²) in [6, 6.07) is 8.75.